The molecule has 2 aromatic rings. The minimum Gasteiger partial charge on any atom is -0.379 e. The Balaban J connectivity index is 1.56. The average molecular weight is 459 g/mol. The van der Waals surface area contributed by atoms with Gasteiger partial charge in [0.05, 0.1) is 35.4 Å². The summed E-state index contributed by atoms with van der Waals surface area (Å²) in [5.41, 5.74) is 2.06. The summed E-state index contributed by atoms with van der Waals surface area (Å²) < 4.78 is 5.49. The quantitative estimate of drug-likeness (QED) is 0.503. The maximum absolute atomic E-state index is 13.2. The van der Waals surface area contributed by atoms with E-state index in [1.165, 1.54) is 12.1 Å². The summed E-state index contributed by atoms with van der Waals surface area (Å²) in [7, 11) is 0. The van der Waals surface area contributed by atoms with Crippen molar-refractivity contribution in [2.75, 3.05) is 50.8 Å². The molecule has 2 saturated heterocycles. The molecule has 0 bridgehead atoms. The number of carbonyl (C=O) groups excluding carboxylic acids is 1. The Labute approximate surface area is 192 Å². The molecule has 0 radical (unpaired) electrons. The van der Waals surface area contributed by atoms with Gasteiger partial charge in [-0.25, -0.2) is 0 Å². The predicted octanol–water partition coefficient (Wildman–Crippen LogP) is 3.65. The van der Waals surface area contributed by atoms with Gasteiger partial charge in [-0.2, -0.15) is 0 Å². The molecule has 2 heterocycles. The number of nitro benzene ring substituents is 1. The van der Waals surface area contributed by atoms with E-state index in [0.29, 0.717) is 30.3 Å². The molecule has 0 aromatic heterocycles. The summed E-state index contributed by atoms with van der Waals surface area (Å²) in [5, 5.41) is 15.0. The van der Waals surface area contributed by atoms with Crippen molar-refractivity contribution in [3.63, 3.8) is 0 Å². The monoisotopic (exact) mass is 458 g/mol. The first-order valence-corrected chi connectivity index (χ1v) is 11.3. The van der Waals surface area contributed by atoms with Crippen molar-refractivity contribution in [2.24, 2.45) is 0 Å². The molecule has 2 fully saturated rings. The van der Waals surface area contributed by atoms with Gasteiger partial charge in [-0.15, -0.1) is 0 Å². The van der Waals surface area contributed by atoms with E-state index in [0.717, 1.165) is 50.3 Å². The minimum atomic E-state index is -0.464. The molecular formula is C23H27ClN4O4. The van der Waals surface area contributed by atoms with Gasteiger partial charge in [0.1, 0.15) is 0 Å². The highest BCUT2D eigenvalue weighted by Gasteiger charge is 2.26. The Hall–Kier alpha value is -2.68. The van der Waals surface area contributed by atoms with Crippen LogP contribution in [0.15, 0.2) is 42.5 Å². The van der Waals surface area contributed by atoms with Crippen LogP contribution in [-0.4, -0.2) is 61.7 Å². The van der Waals surface area contributed by atoms with Gasteiger partial charge in [0.15, 0.2) is 0 Å². The Kier molecular flexibility index (Phi) is 7.24. The van der Waals surface area contributed by atoms with E-state index in [1.807, 2.05) is 24.3 Å². The fourth-order valence-electron chi connectivity index (χ4n) is 4.37. The highest BCUT2D eigenvalue weighted by Crippen LogP contribution is 2.29. The highest BCUT2D eigenvalue weighted by molar-refractivity contribution is 6.30. The lowest BCUT2D eigenvalue weighted by molar-refractivity contribution is -0.384. The average Bonchev–Trinajstić information content (AvgIpc) is 3.35. The van der Waals surface area contributed by atoms with Crippen LogP contribution in [0.2, 0.25) is 5.02 Å². The van der Waals surface area contributed by atoms with Crippen molar-refractivity contribution < 1.29 is 14.5 Å². The molecule has 8 nitrogen and oxygen atoms in total. The summed E-state index contributed by atoms with van der Waals surface area (Å²) in [6, 6.07) is 12.1. The predicted molar refractivity (Wildman–Crippen MR) is 123 cm³/mol. The second kappa shape index (κ2) is 10.3. The number of nitrogens with one attached hydrogen (secondary N) is 1. The van der Waals surface area contributed by atoms with Crippen LogP contribution in [0.25, 0.3) is 0 Å². The molecule has 1 amide bonds. The number of halogens is 1. The normalized spacial score (nSPS) is 17.8. The lowest BCUT2D eigenvalue weighted by Gasteiger charge is -2.35. The zero-order valence-corrected chi connectivity index (χ0v) is 18.6. The van der Waals surface area contributed by atoms with E-state index in [1.54, 1.807) is 6.07 Å². The maximum Gasteiger partial charge on any atom is 0.270 e. The second-order valence-corrected chi connectivity index (χ2v) is 8.51. The fraction of sp³-hybridized carbons (Fsp3) is 0.435. The number of ether oxygens (including phenoxy) is 1. The van der Waals surface area contributed by atoms with E-state index in [2.05, 4.69) is 15.1 Å². The van der Waals surface area contributed by atoms with Crippen LogP contribution in [0, 0.1) is 10.1 Å². The molecule has 0 aliphatic carbocycles. The Morgan fingerprint density at radius 3 is 2.44 bits per heavy atom. The first-order chi connectivity index (χ1) is 15.5. The van der Waals surface area contributed by atoms with Crippen molar-refractivity contribution in [3.8, 4) is 0 Å². The number of non-ortho nitro benzene ring substituents is 1. The van der Waals surface area contributed by atoms with E-state index >= 15 is 0 Å². The third-order valence-electron chi connectivity index (χ3n) is 6.08. The molecule has 1 unspecified atom stereocenters. The summed E-state index contributed by atoms with van der Waals surface area (Å²) in [5.74, 6) is -0.303. The third kappa shape index (κ3) is 5.20. The first kappa shape index (κ1) is 22.5. The zero-order chi connectivity index (χ0) is 22.5. The number of hydrogen-bond donors (Lipinski definition) is 1. The van der Waals surface area contributed by atoms with E-state index in [4.69, 9.17) is 16.3 Å². The van der Waals surface area contributed by atoms with E-state index < -0.39 is 4.92 Å². The number of amides is 1. The molecule has 32 heavy (non-hydrogen) atoms. The number of hydrogen-bond acceptors (Lipinski definition) is 6. The standard InChI is InChI=1S/C23H27ClN4O4/c24-18-5-3-17(4-6-18)22(27-11-13-32-14-12-27)16-25-23(29)20-15-19(28(30)31)7-8-21(20)26-9-1-2-10-26/h3-8,15,22H,1-2,9-14,16H2,(H,25,29). The van der Waals surface area contributed by atoms with Gasteiger partial charge in [0.2, 0.25) is 0 Å². The lowest BCUT2D eigenvalue weighted by Crippen LogP contribution is -2.44. The van der Waals surface area contributed by atoms with Crippen LogP contribution in [0.4, 0.5) is 11.4 Å². The molecule has 4 rings (SSSR count). The molecule has 0 spiro atoms. The maximum atomic E-state index is 13.2. The molecule has 2 aliphatic rings. The number of anilines is 1. The molecule has 0 saturated carbocycles. The highest BCUT2D eigenvalue weighted by atomic mass is 35.5. The molecule has 1 atom stereocenters. The fourth-order valence-corrected chi connectivity index (χ4v) is 4.50. The Bertz CT molecular complexity index is 957. The van der Waals surface area contributed by atoms with Crippen LogP contribution in [0.1, 0.15) is 34.8 Å². The molecular weight excluding hydrogens is 432 g/mol. The summed E-state index contributed by atoms with van der Waals surface area (Å²) in [4.78, 5) is 28.5. The van der Waals surface area contributed by atoms with Gasteiger partial charge in [-0.05, 0) is 36.6 Å². The van der Waals surface area contributed by atoms with E-state index in [-0.39, 0.29) is 17.6 Å². The molecule has 9 heteroatoms. The minimum absolute atomic E-state index is 0.0472. The largest absolute Gasteiger partial charge is 0.379 e. The molecule has 170 valence electrons. The number of nitrogens with zero attached hydrogens (tertiary/aromatic N) is 3. The number of nitro groups is 1. The van der Waals surface area contributed by atoms with Gasteiger partial charge in [0.25, 0.3) is 11.6 Å². The smallest absolute Gasteiger partial charge is 0.270 e. The Morgan fingerprint density at radius 1 is 1.09 bits per heavy atom. The second-order valence-electron chi connectivity index (χ2n) is 8.08. The number of morpholine rings is 1. The topological polar surface area (TPSA) is 88.0 Å². The van der Waals surface area contributed by atoms with Crippen LogP contribution in [-0.2, 0) is 4.74 Å². The summed E-state index contributed by atoms with van der Waals surface area (Å²) in [6.45, 7) is 4.88. The zero-order valence-electron chi connectivity index (χ0n) is 17.8. The van der Waals surface area contributed by atoms with Crippen molar-refractivity contribution in [1.29, 1.82) is 0 Å². The lowest BCUT2D eigenvalue weighted by atomic mass is 10.0. The van der Waals surface area contributed by atoms with Crippen LogP contribution in [0.5, 0.6) is 0 Å². The van der Waals surface area contributed by atoms with E-state index in [9.17, 15) is 14.9 Å². The van der Waals surface area contributed by atoms with Crippen molar-refractivity contribution in [2.45, 2.75) is 18.9 Å². The molecule has 2 aromatic carbocycles. The number of carbonyl (C=O) groups is 1. The SMILES string of the molecule is O=C(NCC(c1ccc(Cl)cc1)N1CCOCC1)c1cc([N+](=O)[O-])ccc1N1CCCC1. The first-order valence-electron chi connectivity index (χ1n) is 10.9. The van der Waals surface area contributed by atoms with Gasteiger partial charge >= 0.3 is 0 Å². The number of benzene rings is 2. The molecule has 1 N–H and O–H groups in total. The van der Waals surface area contributed by atoms with Gasteiger partial charge in [0, 0.05) is 49.9 Å². The summed E-state index contributed by atoms with van der Waals surface area (Å²) >= 11 is 6.07. The number of rotatable bonds is 7. The van der Waals surface area contributed by atoms with Crippen LogP contribution < -0.4 is 10.2 Å². The van der Waals surface area contributed by atoms with Crippen molar-refractivity contribution in [3.05, 3.63) is 68.7 Å². The third-order valence-corrected chi connectivity index (χ3v) is 6.33. The van der Waals surface area contributed by atoms with Crippen LogP contribution in [0.3, 0.4) is 0 Å². The summed E-state index contributed by atoms with van der Waals surface area (Å²) in [6.07, 6.45) is 2.10. The molecule has 2 aliphatic heterocycles. The van der Waals surface area contributed by atoms with Gasteiger partial charge in [-0.1, -0.05) is 23.7 Å². The van der Waals surface area contributed by atoms with Crippen molar-refractivity contribution in [1.82, 2.24) is 10.2 Å². The van der Waals surface area contributed by atoms with Crippen LogP contribution >= 0.6 is 11.6 Å². The Morgan fingerprint density at radius 2 is 1.78 bits per heavy atom. The van der Waals surface area contributed by atoms with Gasteiger partial charge in [-0.3, -0.25) is 19.8 Å². The van der Waals surface area contributed by atoms with Gasteiger partial charge < -0.3 is 15.0 Å². The van der Waals surface area contributed by atoms with Crippen molar-refractivity contribution >= 4 is 28.9 Å².